The van der Waals surface area contributed by atoms with Crippen LogP contribution >= 0.6 is 0 Å². The van der Waals surface area contributed by atoms with E-state index in [1.54, 1.807) is 19.1 Å². The number of aliphatic hydroxyl groups is 1. The van der Waals surface area contributed by atoms with E-state index in [0.717, 1.165) is 61.9 Å². The van der Waals surface area contributed by atoms with Gasteiger partial charge in [-0.2, -0.15) is 5.69 Å². The standard InChI is InChI=1S/C34H36N4O5.Fe/c1-7-20-17(3)23-13-24-19(5)22(9-10-31(39)40)28(37-24)16-30-34(12-11-32(41)43-34)33(6,42)29(38-30)15-27-21(8-2)18(4)25(36-27)14-26(20)35-23;/h7,13-14,16,29,42H,1,8-12,15H2,2-6H3,(H,39,40);/q-4;+4/b23-13-,26-14-,30-16-;. The second-order valence-electron chi connectivity index (χ2n) is 12.0. The topological polar surface area (TPSA) is 140 Å². The van der Waals surface area contributed by atoms with Crippen LogP contribution in [0.15, 0.2) is 12.3 Å². The van der Waals surface area contributed by atoms with E-state index in [-0.39, 0.29) is 48.7 Å². The molecular weight excluding hydrogens is 600 g/mol. The minimum atomic E-state index is -1.51. The molecule has 1 spiro atoms. The Hall–Kier alpha value is -3.72. The van der Waals surface area contributed by atoms with Crippen molar-refractivity contribution in [3.63, 3.8) is 0 Å². The number of carboxylic acids is 1. The SMILES string of the molecule is C=Cc1c(C)/c2[n-]/c1=C\c1[n-]c(c(CC)c1C)CC1[N-]/C(=C\c3[n-]c(c(C)c3CCC(=O)O)\C=2)C2(CCC(=O)O2)C1(C)O.[Fe+4]. The maximum absolute atomic E-state index is 12.6. The van der Waals surface area contributed by atoms with Crippen LogP contribution in [-0.2, 0) is 50.7 Å². The summed E-state index contributed by atoms with van der Waals surface area (Å²) in [7, 11) is 0. The van der Waals surface area contributed by atoms with Gasteiger partial charge in [-0.25, -0.2) is 0 Å². The smallest absolute Gasteiger partial charge is 0.679 e. The molecule has 0 radical (unpaired) electrons. The number of carbonyl (C=O) groups excluding carboxylic acids is 1. The second kappa shape index (κ2) is 11.3. The molecule has 3 aliphatic heterocycles. The van der Waals surface area contributed by atoms with Crippen molar-refractivity contribution in [2.45, 2.75) is 90.4 Å². The molecule has 44 heavy (non-hydrogen) atoms. The number of hydrogen-bond donors (Lipinski definition) is 2. The number of esters is 1. The van der Waals surface area contributed by atoms with Crippen molar-refractivity contribution in [1.29, 1.82) is 0 Å². The Bertz CT molecular complexity index is 1840. The fourth-order valence-electron chi connectivity index (χ4n) is 7.00. The molecule has 6 heterocycles. The number of ether oxygens (including phenoxy) is 1. The van der Waals surface area contributed by atoms with Gasteiger partial charge in [0, 0.05) is 19.3 Å². The first-order valence-electron chi connectivity index (χ1n) is 14.8. The number of nitrogens with zero attached hydrogens (tertiary/aromatic N) is 4. The summed E-state index contributed by atoms with van der Waals surface area (Å²) in [5.41, 5.74) is 6.09. The monoisotopic (exact) mass is 636 g/mol. The van der Waals surface area contributed by atoms with E-state index in [9.17, 15) is 19.8 Å². The molecule has 0 aromatic carbocycles. The summed E-state index contributed by atoms with van der Waals surface area (Å²) in [6, 6.07) is -0.635. The molecule has 3 unspecified atom stereocenters. The maximum atomic E-state index is 12.6. The van der Waals surface area contributed by atoms with Gasteiger partial charge < -0.3 is 35.2 Å². The maximum Gasteiger partial charge on any atom is 4.00 e. The quantitative estimate of drug-likeness (QED) is 0.322. The third kappa shape index (κ3) is 4.80. The Labute approximate surface area is 267 Å². The third-order valence-corrected chi connectivity index (χ3v) is 9.63. The number of rotatable bonds is 5. The third-order valence-electron chi connectivity index (χ3n) is 9.63. The largest absolute Gasteiger partial charge is 4.00 e. The van der Waals surface area contributed by atoms with E-state index in [1.807, 2.05) is 26.0 Å². The van der Waals surface area contributed by atoms with E-state index in [1.165, 1.54) is 0 Å². The number of aromatic nitrogens is 3. The molecule has 6 rings (SSSR count). The van der Waals surface area contributed by atoms with Gasteiger partial charge in [-0.15, -0.1) is 33.5 Å². The Balaban J connectivity index is 0.00000384. The minimum absolute atomic E-state index is 0. The van der Waals surface area contributed by atoms with Gasteiger partial charge in [-0.05, 0) is 46.1 Å². The van der Waals surface area contributed by atoms with Gasteiger partial charge in [-0.1, -0.05) is 78.1 Å². The van der Waals surface area contributed by atoms with Gasteiger partial charge >= 0.3 is 29.0 Å². The molecule has 2 fully saturated rings. The molecule has 0 amide bonds. The van der Waals surface area contributed by atoms with Crippen LogP contribution in [0.25, 0.3) is 29.6 Å². The molecule has 3 aromatic heterocycles. The van der Waals surface area contributed by atoms with Crippen LogP contribution in [0.3, 0.4) is 0 Å². The number of fused-ring (bicyclic) bond motifs is 9. The van der Waals surface area contributed by atoms with Gasteiger partial charge in [-0.3, -0.25) is 9.59 Å². The molecule has 3 aliphatic rings. The van der Waals surface area contributed by atoms with E-state index in [0.29, 0.717) is 23.5 Å². The Kier molecular flexibility index (Phi) is 8.16. The van der Waals surface area contributed by atoms with Gasteiger partial charge in [0.05, 0.1) is 5.60 Å². The van der Waals surface area contributed by atoms with Crippen LogP contribution in [0.2, 0.25) is 0 Å². The number of carboxylic acid groups (broad SMARTS) is 1. The zero-order valence-corrected chi connectivity index (χ0v) is 26.7. The van der Waals surface area contributed by atoms with Crippen molar-refractivity contribution in [2.75, 3.05) is 0 Å². The predicted molar refractivity (Wildman–Crippen MR) is 163 cm³/mol. The summed E-state index contributed by atoms with van der Waals surface area (Å²) in [6.07, 6.45) is 9.22. The van der Waals surface area contributed by atoms with Crippen LogP contribution in [0, 0.1) is 20.8 Å². The van der Waals surface area contributed by atoms with Gasteiger partial charge in [0.25, 0.3) is 0 Å². The first kappa shape index (κ1) is 31.7. The van der Waals surface area contributed by atoms with E-state index < -0.39 is 23.2 Å². The van der Waals surface area contributed by atoms with Crippen molar-refractivity contribution in [1.82, 2.24) is 15.0 Å². The average molecular weight is 637 g/mol. The van der Waals surface area contributed by atoms with E-state index in [2.05, 4.69) is 20.4 Å². The predicted octanol–water partition coefficient (Wildman–Crippen LogP) is 2.84. The molecule has 9 nitrogen and oxygen atoms in total. The normalized spacial score (nSPS) is 26.5. The van der Waals surface area contributed by atoms with Gasteiger partial charge in [0.2, 0.25) is 0 Å². The molecule has 3 atom stereocenters. The molecule has 2 saturated heterocycles. The molecule has 2 N–H and O–H groups in total. The van der Waals surface area contributed by atoms with Crippen molar-refractivity contribution < 1.29 is 41.6 Å². The fourth-order valence-corrected chi connectivity index (χ4v) is 7.00. The van der Waals surface area contributed by atoms with Crippen LogP contribution in [0.4, 0.5) is 0 Å². The molecule has 8 bridgehead atoms. The second-order valence-corrected chi connectivity index (χ2v) is 12.0. The van der Waals surface area contributed by atoms with Crippen LogP contribution in [0.5, 0.6) is 0 Å². The molecule has 10 heteroatoms. The molecule has 3 aromatic rings. The van der Waals surface area contributed by atoms with Crippen molar-refractivity contribution in [2.24, 2.45) is 0 Å². The van der Waals surface area contributed by atoms with Crippen molar-refractivity contribution in [3.05, 3.63) is 84.4 Å². The first-order valence-corrected chi connectivity index (χ1v) is 14.8. The Morgan fingerprint density at radius 1 is 1.05 bits per heavy atom. The van der Waals surface area contributed by atoms with E-state index in [4.69, 9.17) is 25.0 Å². The summed E-state index contributed by atoms with van der Waals surface area (Å²) < 4.78 is 5.95. The summed E-state index contributed by atoms with van der Waals surface area (Å²) in [4.78, 5) is 39.1. The Morgan fingerprint density at radius 3 is 2.36 bits per heavy atom. The van der Waals surface area contributed by atoms with E-state index >= 15 is 0 Å². The number of carbonyl (C=O) groups is 2. The number of hydrogen-bond acceptors (Lipinski definition) is 4. The Morgan fingerprint density at radius 2 is 1.73 bits per heavy atom. The van der Waals surface area contributed by atoms with Gasteiger partial charge in [0.1, 0.15) is 5.60 Å². The van der Waals surface area contributed by atoms with Gasteiger partial charge in [0.15, 0.2) is 0 Å². The average Bonchev–Trinajstić information content (AvgIpc) is 3.69. The van der Waals surface area contributed by atoms with Crippen LogP contribution in [0.1, 0.15) is 89.3 Å². The minimum Gasteiger partial charge on any atom is -0.679 e. The first-order chi connectivity index (χ1) is 20.4. The van der Waals surface area contributed by atoms with Crippen LogP contribution in [-0.4, -0.2) is 39.4 Å². The fraction of sp³-hybridized carbons (Fsp3) is 0.412. The zero-order chi connectivity index (χ0) is 30.8. The van der Waals surface area contributed by atoms with Crippen molar-refractivity contribution >= 4 is 36.2 Å². The summed E-state index contributed by atoms with van der Waals surface area (Å²) in [5, 5.41) is 28.1. The zero-order valence-electron chi connectivity index (χ0n) is 25.6. The molecule has 230 valence electrons. The summed E-state index contributed by atoms with van der Waals surface area (Å²) in [5.74, 6) is -1.30. The molecule has 0 saturated carbocycles. The molecular formula is C34H36FeN4O5. The summed E-state index contributed by atoms with van der Waals surface area (Å²) in [6.45, 7) is 13.8. The molecule has 0 aliphatic carbocycles. The number of aliphatic carboxylic acids is 1. The summed E-state index contributed by atoms with van der Waals surface area (Å²) >= 11 is 0. The van der Waals surface area contributed by atoms with Crippen molar-refractivity contribution in [3.8, 4) is 0 Å². The van der Waals surface area contributed by atoms with Crippen LogP contribution < -0.4 is 25.7 Å².